The number of hydrogen-bond donors (Lipinski definition) is 1. The van der Waals surface area contributed by atoms with Gasteiger partial charge in [-0.15, -0.1) is 0 Å². The SMILES string of the molecule is Cc1ccc(C)c(C(C)(N)C(F)(F)F)c1. The summed E-state index contributed by atoms with van der Waals surface area (Å²) >= 11 is 0. The number of halogens is 3. The van der Waals surface area contributed by atoms with Crippen LogP contribution in [0, 0.1) is 13.8 Å². The first kappa shape index (κ1) is 12.0. The molecule has 2 N–H and O–H groups in total. The van der Waals surface area contributed by atoms with Gasteiger partial charge in [-0.1, -0.05) is 23.8 Å². The van der Waals surface area contributed by atoms with Crippen molar-refractivity contribution in [2.24, 2.45) is 5.73 Å². The second kappa shape index (κ2) is 3.52. The molecule has 0 aliphatic carbocycles. The van der Waals surface area contributed by atoms with E-state index in [2.05, 4.69) is 0 Å². The van der Waals surface area contributed by atoms with Crippen LogP contribution in [-0.4, -0.2) is 6.18 Å². The molecule has 0 saturated carbocycles. The molecule has 0 heterocycles. The summed E-state index contributed by atoms with van der Waals surface area (Å²) in [5.41, 5.74) is 4.54. The second-order valence-corrected chi connectivity index (χ2v) is 4.02. The van der Waals surface area contributed by atoms with E-state index in [0.29, 0.717) is 5.56 Å². The van der Waals surface area contributed by atoms with Gasteiger partial charge in [0, 0.05) is 0 Å². The van der Waals surface area contributed by atoms with Gasteiger partial charge in [-0.2, -0.15) is 13.2 Å². The summed E-state index contributed by atoms with van der Waals surface area (Å²) in [6.07, 6.45) is -4.44. The molecular weight excluding hydrogens is 203 g/mol. The molecule has 0 amide bonds. The predicted octanol–water partition coefficient (Wildman–Crippen LogP) is 3.04. The highest BCUT2D eigenvalue weighted by Crippen LogP contribution is 2.37. The fourth-order valence-corrected chi connectivity index (χ4v) is 1.45. The van der Waals surface area contributed by atoms with Crippen molar-refractivity contribution in [3.63, 3.8) is 0 Å². The van der Waals surface area contributed by atoms with Crippen LogP contribution in [-0.2, 0) is 5.54 Å². The fraction of sp³-hybridized carbons (Fsp3) is 0.455. The summed E-state index contributed by atoms with van der Waals surface area (Å²) in [6, 6.07) is 4.91. The molecule has 1 aromatic rings. The van der Waals surface area contributed by atoms with Crippen molar-refractivity contribution in [1.82, 2.24) is 0 Å². The van der Waals surface area contributed by atoms with Crippen LogP contribution < -0.4 is 5.73 Å². The summed E-state index contributed by atoms with van der Waals surface area (Å²) in [5.74, 6) is 0. The van der Waals surface area contributed by atoms with E-state index in [-0.39, 0.29) is 5.56 Å². The lowest BCUT2D eigenvalue weighted by Gasteiger charge is -2.29. The van der Waals surface area contributed by atoms with Gasteiger partial charge in [-0.25, -0.2) is 0 Å². The monoisotopic (exact) mass is 217 g/mol. The number of aryl methyl sites for hydroxylation is 2. The Kier molecular flexibility index (Phi) is 2.83. The molecule has 84 valence electrons. The van der Waals surface area contributed by atoms with Gasteiger partial charge in [0.05, 0.1) is 0 Å². The maximum Gasteiger partial charge on any atom is 0.410 e. The lowest BCUT2D eigenvalue weighted by Crippen LogP contribution is -2.48. The van der Waals surface area contributed by atoms with Gasteiger partial charge >= 0.3 is 6.18 Å². The van der Waals surface area contributed by atoms with Crippen LogP contribution in [0.25, 0.3) is 0 Å². The van der Waals surface area contributed by atoms with Crippen molar-refractivity contribution in [3.05, 3.63) is 34.9 Å². The van der Waals surface area contributed by atoms with E-state index in [1.165, 1.54) is 6.07 Å². The third-order valence-electron chi connectivity index (χ3n) is 2.54. The zero-order valence-electron chi connectivity index (χ0n) is 8.94. The van der Waals surface area contributed by atoms with E-state index in [1.807, 2.05) is 0 Å². The Morgan fingerprint density at radius 1 is 1.13 bits per heavy atom. The average Bonchev–Trinajstić information content (AvgIpc) is 2.07. The highest BCUT2D eigenvalue weighted by Gasteiger charge is 2.49. The normalized spacial score (nSPS) is 16.2. The number of benzene rings is 1. The second-order valence-electron chi connectivity index (χ2n) is 4.02. The van der Waals surface area contributed by atoms with Crippen LogP contribution in [0.4, 0.5) is 13.2 Å². The van der Waals surface area contributed by atoms with Crippen molar-refractivity contribution in [3.8, 4) is 0 Å². The summed E-state index contributed by atoms with van der Waals surface area (Å²) in [6.45, 7) is 4.37. The van der Waals surface area contributed by atoms with Crippen LogP contribution >= 0.6 is 0 Å². The molecule has 0 radical (unpaired) electrons. The Balaban J connectivity index is 3.32. The summed E-state index contributed by atoms with van der Waals surface area (Å²) in [4.78, 5) is 0. The highest BCUT2D eigenvalue weighted by molar-refractivity contribution is 5.36. The minimum absolute atomic E-state index is 0.134. The molecule has 0 saturated heterocycles. The molecule has 0 aliphatic heterocycles. The Labute approximate surface area is 87.1 Å². The first-order chi connectivity index (χ1) is 6.66. The van der Waals surface area contributed by atoms with Crippen LogP contribution in [0.5, 0.6) is 0 Å². The van der Waals surface area contributed by atoms with Gasteiger partial charge in [-0.3, -0.25) is 0 Å². The van der Waals surface area contributed by atoms with Crippen LogP contribution in [0.1, 0.15) is 23.6 Å². The fourth-order valence-electron chi connectivity index (χ4n) is 1.45. The lowest BCUT2D eigenvalue weighted by atomic mass is 9.88. The van der Waals surface area contributed by atoms with E-state index < -0.39 is 11.7 Å². The van der Waals surface area contributed by atoms with E-state index in [0.717, 1.165) is 12.5 Å². The molecule has 0 fully saturated rings. The molecule has 1 aromatic carbocycles. The summed E-state index contributed by atoms with van der Waals surface area (Å²) in [7, 11) is 0. The molecule has 4 heteroatoms. The van der Waals surface area contributed by atoms with Crippen LogP contribution in [0.2, 0.25) is 0 Å². The zero-order valence-corrected chi connectivity index (χ0v) is 8.94. The predicted molar refractivity (Wildman–Crippen MR) is 53.5 cm³/mol. The van der Waals surface area contributed by atoms with Gasteiger partial charge in [0.1, 0.15) is 5.54 Å². The van der Waals surface area contributed by atoms with Crippen molar-refractivity contribution >= 4 is 0 Å². The van der Waals surface area contributed by atoms with Crippen LogP contribution in [0.3, 0.4) is 0 Å². The Morgan fingerprint density at radius 2 is 1.67 bits per heavy atom. The average molecular weight is 217 g/mol. The first-order valence-electron chi connectivity index (χ1n) is 4.59. The molecule has 15 heavy (non-hydrogen) atoms. The van der Waals surface area contributed by atoms with Gasteiger partial charge in [-0.05, 0) is 31.9 Å². The van der Waals surface area contributed by atoms with E-state index in [1.54, 1.807) is 26.0 Å². The van der Waals surface area contributed by atoms with Gasteiger partial charge in [0.25, 0.3) is 0 Å². The Morgan fingerprint density at radius 3 is 2.13 bits per heavy atom. The maximum absolute atomic E-state index is 12.7. The number of alkyl halides is 3. The van der Waals surface area contributed by atoms with Crippen LogP contribution in [0.15, 0.2) is 18.2 Å². The largest absolute Gasteiger partial charge is 0.410 e. The van der Waals surface area contributed by atoms with Crippen molar-refractivity contribution in [2.75, 3.05) is 0 Å². The summed E-state index contributed by atoms with van der Waals surface area (Å²) < 4.78 is 38.1. The van der Waals surface area contributed by atoms with Gasteiger partial charge in [0.15, 0.2) is 0 Å². The Bertz CT molecular complexity index is 367. The number of hydrogen-bond acceptors (Lipinski definition) is 1. The lowest BCUT2D eigenvalue weighted by molar-refractivity contribution is -0.184. The smallest absolute Gasteiger partial charge is 0.314 e. The third kappa shape index (κ3) is 2.15. The molecule has 0 bridgehead atoms. The minimum atomic E-state index is -4.44. The third-order valence-corrected chi connectivity index (χ3v) is 2.54. The topological polar surface area (TPSA) is 26.0 Å². The van der Waals surface area contributed by atoms with Crippen molar-refractivity contribution in [2.45, 2.75) is 32.5 Å². The Hall–Kier alpha value is -1.03. The van der Waals surface area contributed by atoms with Crippen molar-refractivity contribution < 1.29 is 13.2 Å². The molecule has 1 unspecified atom stereocenters. The number of nitrogens with two attached hydrogens (primary N) is 1. The first-order valence-corrected chi connectivity index (χ1v) is 4.59. The molecule has 1 nitrogen and oxygen atoms in total. The van der Waals surface area contributed by atoms with E-state index in [9.17, 15) is 13.2 Å². The number of rotatable bonds is 1. The van der Waals surface area contributed by atoms with E-state index >= 15 is 0 Å². The van der Waals surface area contributed by atoms with Gasteiger partial charge in [0.2, 0.25) is 0 Å². The quantitative estimate of drug-likeness (QED) is 0.768. The molecule has 1 atom stereocenters. The molecule has 0 spiro atoms. The molecule has 1 rings (SSSR count). The molecule has 0 aliphatic rings. The standard InChI is InChI=1S/C11H14F3N/c1-7-4-5-8(2)9(6-7)10(3,15)11(12,13)14/h4-6H,15H2,1-3H3. The van der Waals surface area contributed by atoms with Crippen molar-refractivity contribution in [1.29, 1.82) is 0 Å². The minimum Gasteiger partial charge on any atom is -0.314 e. The van der Waals surface area contributed by atoms with Gasteiger partial charge < -0.3 is 5.73 Å². The van der Waals surface area contributed by atoms with E-state index in [4.69, 9.17) is 5.73 Å². The highest BCUT2D eigenvalue weighted by atomic mass is 19.4. The molecular formula is C11H14F3N. The summed E-state index contributed by atoms with van der Waals surface area (Å²) in [5, 5.41) is 0. The molecule has 0 aromatic heterocycles. The zero-order chi connectivity index (χ0) is 11.9. The maximum atomic E-state index is 12.7.